The van der Waals surface area contributed by atoms with Crippen LogP contribution >= 0.6 is 0 Å². The number of nitrogens with one attached hydrogen (secondary N) is 1. The Morgan fingerprint density at radius 3 is 2.19 bits per heavy atom. The second-order valence-corrected chi connectivity index (χ2v) is 6.67. The number of H-pyrrole nitrogens is 1. The van der Waals surface area contributed by atoms with Crippen LogP contribution < -0.4 is 4.90 Å². The van der Waals surface area contributed by atoms with E-state index in [9.17, 15) is 4.79 Å². The largest absolute Gasteiger partial charge is 0.361 e. The van der Waals surface area contributed by atoms with Gasteiger partial charge in [-0.3, -0.25) is 4.79 Å². The van der Waals surface area contributed by atoms with E-state index in [-0.39, 0.29) is 17.9 Å². The summed E-state index contributed by atoms with van der Waals surface area (Å²) in [6.07, 6.45) is 2.05. The average Bonchev–Trinajstić information content (AvgIpc) is 3.11. The van der Waals surface area contributed by atoms with E-state index in [1.165, 1.54) is 5.39 Å². The molecule has 4 aromatic rings. The minimum atomic E-state index is -0.157. The van der Waals surface area contributed by atoms with Gasteiger partial charge in [0, 0.05) is 28.4 Å². The molecule has 1 amide bonds. The zero-order valence-corrected chi connectivity index (χ0v) is 14.2. The van der Waals surface area contributed by atoms with Gasteiger partial charge >= 0.3 is 0 Å². The van der Waals surface area contributed by atoms with Crippen molar-refractivity contribution < 1.29 is 4.79 Å². The van der Waals surface area contributed by atoms with Gasteiger partial charge in [-0.2, -0.15) is 0 Å². The lowest BCUT2D eigenvalue weighted by molar-refractivity contribution is -0.126. The third-order valence-electron chi connectivity index (χ3n) is 5.23. The zero-order valence-electron chi connectivity index (χ0n) is 14.2. The van der Waals surface area contributed by atoms with E-state index in [1.54, 1.807) is 0 Å². The molecule has 1 aromatic heterocycles. The molecule has 0 saturated carbocycles. The van der Waals surface area contributed by atoms with E-state index in [0.717, 1.165) is 22.3 Å². The van der Waals surface area contributed by atoms with Crippen LogP contribution in [-0.4, -0.2) is 10.9 Å². The molecule has 3 nitrogen and oxygen atoms in total. The van der Waals surface area contributed by atoms with Crippen molar-refractivity contribution in [1.82, 2.24) is 4.98 Å². The number of β-lactam (4-membered cyclic amide) rings is 1. The summed E-state index contributed by atoms with van der Waals surface area (Å²) in [5.41, 5.74) is 4.28. The highest BCUT2D eigenvalue weighted by atomic mass is 16.2. The molecule has 3 aromatic carbocycles. The third-order valence-corrected chi connectivity index (χ3v) is 5.23. The van der Waals surface area contributed by atoms with Crippen molar-refractivity contribution in [2.45, 2.75) is 12.0 Å². The molecular weight excluding hydrogens is 320 g/mol. The van der Waals surface area contributed by atoms with Crippen LogP contribution in [0.1, 0.15) is 23.1 Å². The van der Waals surface area contributed by atoms with Gasteiger partial charge in [0.15, 0.2) is 0 Å². The lowest BCUT2D eigenvalue weighted by atomic mass is 9.77. The monoisotopic (exact) mass is 338 g/mol. The van der Waals surface area contributed by atoms with Crippen molar-refractivity contribution in [3.8, 4) is 0 Å². The fourth-order valence-electron chi connectivity index (χ4n) is 4.01. The number of amides is 1. The van der Waals surface area contributed by atoms with E-state index in [2.05, 4.69) is 17.1 Å². The molecule has 0 aliphatic carbocycles. The lowest BCUT2D eigenvalue weighted by Crippen LogP contribution is -2.53. The number of hydrogen-bond acceptors (Lipinski definition) is 1. The average molecular weight is 338 g/mol. The normalized spacial score (nSPS) is 19.5. The fraction of sp³-hybridized carbons (Fsp3) is 0.0870. The van der Waals surface area contributed by atoms with Crippen molar-refractivity contribution in [1.29, 1.82) is 0 Å². The Morgan fingerprint density at radius 2 is 1.42 bits per heavy atom. The Morgan fingerprint density at radius 1 is 0.769 bits per heavy atom. The topological polar surface area (TPSA) is 36.1 Å². The summed E-state index contributed by atoms with van der Waals surface area (Å²) in [4.78, 5) is 18.4. The summed E-state index contributed by atoms with van der Waals surface area (Å²) >= 11 is 0. The van der Waals surface area contributed by atoms with E-state index in [4.69, 9.17) is 0 Å². The molecule has 1 aliphatic rings. The van der Waals surface area contributed by atoms with E-state index in [0.29, 0.717) is 0 Å². The van der Waals surface area contributed by atoms with Crippen LogP contribution in [0.15, 0.2) is 91.1 Å². The van der Waals surface area contributed by atoms with Gasteiger partial charge in [-0.25, -0.2) is 0 Å². The van der Waals surface area contributed by atoms with Gasteiger partial charge in [-0.05, 0) is 23.8 Å². The van der Waals surface area contributed by atoms with E-state index < -0.39 is 0 Å². The molecule has 2 unspecified atom stereocenters. The fourth-order valence-corrected chi connectivity index (χ4v) is 4.01. The van der Waals surface area contributed by atoms with Crippen LogP contribution in [0.4, 0.5) is 5.69 Å². The molecule has 1 fully saturated rings. The molecule has 1 aliphatic heterocycles. The van der Waals surface area contributed by atoms with E-state index in [1.807, 2.05) is 83.9 Å². The minimum absolute atomic E-state index is 0.0107. The molecule has 0 spiro atoms. The van der Waals surface area contributed by atoms with Crippen molar-refractivity contribution in [2.24, 2.45) is 0 Å². The van der Waals surface area contributed by atoms with Crippen LogP contribution in [0.25, 0.3) is 10.9 Å². The number of carbonyl (C=O) groups excluding carboxylic acids is 1. The maximum Gasteiger partial charge on any atom is 0.237 e. The standard InChI is InChI=1S/C23H18N2O/c26-23-21(16-9-3-1-4-10-16)22(25(23)17-11-5-2-6-12-17)19-15-24-20-14-8-7-13-18(19)20/h1-15,21-22,24H. The van der Waals surface area contributed by atoms with Crippen LogP contribution in [0, 0.1) is 0 Å². The summed E-state index contributed by atoms with van der Waals surface area (Å²) in [6, 6.07) is 28.3. The number of fused-ring (bicyclic) bond motifs is 1. The lowest BCUT2D eigenvalue weighted by Gasteiger charge is -2.47. The summed E-state index contributed by atoms with van der Waals surface area (Å²) in [7, 11) is 0. The van der Waals surface area contributed by atoms with Gasteiger partial charge in [0.2, 0.25) is 5.91 Å². The number of aromatic nitrogens is 1. The molecule has 2 heterocycles. The molecular formula is C23H18N2O. The van der Waals surface area contributed by atoms with Gasteiger partial charge in [0.25, 0.3) is 0 Å². The van der Waals surface area contributed by atoms with Crippen LogP contribution in [-0.2, 0) is 4.79 Å². The molecule has 1 N–H and O–H groups in total. The van der Waals surface area contributed by atoms with Crippen molar-refractivity contribution in [3.05, 3.63) is 102 Å². The summed E-state index contributed by atoms with van der Waals surface area (Å²) in [5, 5.41) is 1.17. The molecule has 0 bridgehead atoms. The number of carbonyl (C=O) groups is 1. The van der Waals surface area contributed by atoms with Crippen LogP contribution in [0.2, 0.25) is 0 Å². The number of hydrogen-bond donors (Lipinski definition) is 1. The highest BCUT2D eigenvalue weighted by molar-refractivity contribution is 6.07. The maximum atomic E-state index is 13.1. The predicted octanol–water partition coefficient (Wildman–Crippen LogP) is 5.04. The SMILES string of the molecule is O=C1C(c2ccccc2)C(c2c[nH]c3ccccc23)N1c1ccccc1. The van der Waals surface area contributed by atoms with Gasteiger partial charge in [0.05, 0.1) is 12.0 Å². The Bertz CT molecular complexity index is 1020. The van der Waals surface area contributed by atoms with Crippen molar-refractivity contribution in [3.63, 3.8) is 0 Å². The first-order chi connectivity index (χ1) is 12.8. The molecule has 3 heteroatoms. The molecule has 26 heavy (non-hydrogen) atoms. The van der Waals surface area contributed by atoms with Crippen LogP contribution in [0.5, 0.6) is 0 Å². The number of para-hydroxylation sites is 2. The van der Waals surface area contributed by atoms with Gasteiger partial charge in [-0.1, -0.05) is 66.7 Å². The molecule has 1 saturated heterocycles. The van der Waals surface area contributed by atoms with Gasteiger partial charge in [-0.15, -0.1) is 0 Å². The number of anilines is 1. The molecule has 2 atom stereocenters. The minimum Gasteiger partial charge on any atom is -0.361 e. The van der Waals surface area contributed by atoms with Crippen LogP contribution in [0.3, 0.4) is 0 Å². The second-order valence-electron chi connectivity index (χ2n) is 6.67. The quantitative estimate of drug-likeness (QED) is 0.522. The summed E-state index contributed by atoms with van der Waals surface area (Å²) < 4.78 is 0. The smallest absolute Gasteiger partial charge is 0.237 e. The predicted molar refractivity (Wildman–Crippen MR) is 104 cm³/mol. The Kier molecular flexibility index (Phi) is 3.39. The Hall–Kier alpha value is -3.33. The molecule has 126 valence electrons. The maximum absolute atomic E-state index is 13.1. The summed E-state index contributed by atoms with van der Waals surface area (Å²) in [5.74, 6) is -0.00621. The first-order valence-electron chi connectivity index (χ1n) is 8.83. The zero-order chi connectivity index (χ0) is 17.5. The number of nitrogens with zero attached hydrogens (tertiary/aromatic N) is 1. The molecule has 0 radical (unpaired) electrons. The second kappa shape index (κ2) is 5.88. The van der Waals surface area contributed by atoms with Gasteiger partial charge < -0.3 is 9.88 Å². The number of aromatic amines is 1. The van der Waals surface area contributed by atoms with E-state index >= 15 is 0 Å². The Labute approximate surface area is 151 Å². The highest BCUT2D eigenvalue weighted by Crippen LogP contribution is 2.50. The first-order valence-corrected chi connectivity index (χ1v) is 8.83. The van der Waals surface area contributed by atoms with Crippen molar-refractivity contribution >= 4 is 22.5 Å². The van der Waals surface area contributed by atoms with Gasteiger partial charge in [0.1, 0.15) is 0 Å². The number of benzene rings is 3. The first kappa shape index (κ1) is 15.0. The summed E-state index contributed by atoms with van der Waals surface area (Å²) in [6.45, 7) is 0. The number of rotatable bonds is 3. The molecule has 5 rings (SSSR count). The Balaban J connectivity index is 1.67. The third kappa shape index (κ3) is 2.17. The highest BCUT2D eigenvalue weighted by Gasteiger charge is 2.50. The van der Waals surface area contributed by atoms with Crippen molar-refractivity contribution in [2.75, 3.05) is 4.90 Å².